The summed E-state index contributed by atoms with van der Waals surface area (Å²) in [6.07, 6.45) is 0. The Labute approximate surface area is 322 Å². The van der Waals surface area contributed by atoms with Crippen LogP contribution in [0.3, 0.4) is 0 Å². The van der Waals surface area contributed by atoms with Gasteiger partial charge in [0, 0.05) is 49.4 Å². The molecule has 11 rings (SSSR count). The molecule has 3 heterocycles. The van der Waals surface area contributed by atoms with Gasteiger partial charge in [0.1, 0.15) is 22.3 Å². The number of nitrogens with zero attached hydrogens (tertiary/aromatic N) is 3. The van der Waals surface area contributed by atoms with Crippen molar-refractivity contribution >= 4 is 43.9 Å². The van der Waals surface area contributed by atoms with Crippen molar-refractivity contribution in [2.24, 2.45) is 0 Å². The fraction of sp³-hybridized carbons (Fsp3) is 0. The van der Waals surface area contributed by atoms with E-state index in [0.717, 1.165) is 93.9 Å². The number of rotatable bonds is 6. The first-order chi connectivity index (χ1) is 27.7. The summed E-state index contributed by atoms with van der Waals surface area (Å²) in [5.41, 5.74) is 12.4. The van der Waals surface area contributed by atoms with Gasteiger partial charge in [0.2, 0.25) is 0 Å². The quantitative estimate of drug-likeness (QED) is 0.171. The minimum absolute atomic E-state index is 0.571. The average Bonchev–Trinajstić information content (AvgIpc) is 3.86. The monoisotopic (exact) mass is 717 g/mol. The van der Waals surface area contributed by atoms with E-state index in [-0.39, 0.29) is 0 Å². The molecule has 56 heavy (non-hydrogen) atoms. The Bertz CT molecular complexity index is 3240. The van der Waals surface area contributed by atoms with Crippen molar-refractivity contribution in [3.8, 4) is 67.5 Å². The maximum absolute atomic E-state index is 6.82. The van der Waals surface area contributed by atoms with E-state index in [1.54, 1.807) is 0 Å². The van der Waals surface area contributed by atoms with Crippen LogP contribution < -0.4 is 0 Å². The van der Waals surface area contributed by atoms with E-state index in [4.69, 9.17) is 23.8 Å². The summed E-state index contributed by atoms with van der Waals surface area (Å²) in [6, 6.07) is 64.4. The van der Waals surface area contributed by atoms with Crippen LogP contribution in [0.1, 0.15) is 0 Å². The minimum atomic E-state index is 0.571. The number of hydrogen-bond acceptors (Lipinski definition) is 5. The second-order valence-corrected chi connectivity index (χ2v) is 13.9. The molecule has 5 heteroatoms. The highest BCUT2D eigenvalue weighted by Gasteiger charge is 2.21. The summed E-state index contributed by atoms with van der Waals surface area (Å²) in [4.78, 5) is 15.1. The first-order valence-corrected chi connectivity index (χ1v) is 18.7. The third kappa shape index (κ3) is 5.37. The van der Waals surface area contributed by atoms with Gasteiger partial charge in [0.15, 0.2) is 17.5 Å². The Balaban J connectivity index is 1.07. The van der Waals surface area contributed by atoms with Crippen molar-refractivity contribution in [1.82, 2.24) is 15.0 Å². The smallest absolute Gasteiger partial charge is 0.164 e. The molecule has 0 fully saturated rings. The van der Waals surface area contributed by atoms with E-state index in [9.17, 15) is 0 Å². The lowest BCUT2D eigenvalue weighted by Crippen LogP contribution is -2.00. The average molecular weight is 718 g/mol. The van der Waals surface area contributed by atoms with E-state index in [1.807, 2.05) is 60.7 Å². The van der Waals surface area contributed by atoms with Crippen molar-refractivity contribution in [3.05, 3.63) is 188 Å². The number of fused-ring (bicyclic) bond motifs is 6. The fourth-order valence-corrected chi connectivity index (χ4v) is 7.87. The number of furan rings is 2. The van der Waals surface area contributed by atoms with Gasteiger partial charge in [-0.2, -0.15) is 0 Å². The van der Waals surface area contributed by atoms with Gasteiger partial charge in [-0.1, -0.05) is 158 Å². The zero-order valence-electron chi connectivity index (χ0n) is 30.1. The normalized spacial score (nSPS) is 11.6. The van der Waals surface area contributed by atoms with Gasteiger partial charge in [-0.25, -0.2) is 15.0 Å². The molecular formula is C51H31N3O2. The molecule has 0 aliphatic rings. The van der Waals surface area contributed by atoms with Crippen LogP contribution in [0, 0.1) is 0 Å². The summed E-state index contributed by atoms with van der Waals surface area (Å²) in [5, 5.41) is 4.22. The molecule has 0 aliphatic heterocycles. The largest absolute Gasteiger partial charge is 0.455 e. The predicted molar refractivity (Wildman–Crippen MR) is 227 cm³/mol. The van der Waals surface area contributed by atoms with Gasteiger partial charge in [0.25, 0.3) is 0 Å². The second-order valence-electron chi connectivity index (χ2n) is 13.9. The van der Waals surface area contributed by atoms with Crippen LogP contribution in [0.4, 0.5) is 0 Å². The van der Waals surface area contributed by atoms with Crippen molar-refractivity contribution in [2.75, 3.05) is 0 Å². The molecule has 0 N–H and O–H groups in total. The molecule has 11 aromatic rings. The van der Waals surface area contributed by atoms with Gasteiger partial charge in [-0.3, -0.25) is 0 Å². The topological polar surface area (TPSA) is 65.0 Å². The van der Waals surface area contributed by atoms with Gasteiger partial charge in [-0.15, -0.1) is 0 Å². The summed E-state index contributed by atoms with van der Waals surface area (Å²) in [7, 11) is 0. The van der Waals surface area contributed by atoms with E-state index in [0.29, 0.717) is 17.5 Å². The maximum Gasteiger partial charge on any atom is 0.164 e. The molecule has 8 aromatic carbocycles. The van der Waals surface area contributed by atoms with Crippen LogP contribution >= 0.6 is 0 Å². The lowest BCUT2D eigenvalue weighted by atomic mass is 9.94. The Morgan fingerprint density at radius 3 is 1.59 bits per heavy atom. The standard InChI is InChI=1S/C51H31N3O2/c1-4-14-32(15-5-1)35-20-12-21-36(30-35)50-52-49(34-18-8-3-9-19-34)53-51(54-50)37-26-27-39-40-23-13-24-41(47(40)56-45(39)31-37)42-29-28-38(33-16-6-2-7-17-33)46-43-22-10-11-25-44(43)55-48(42)46/h1-31H. The summed E-state index contributed by atoms with van der Waals surface area (Å²) >= 11 is 0. The maximum atomic E-state index is 6.82. The van der Waals surface area contributed by atoms with Crippen LogP contribution in [0.15, 0.2) is 197 Å². The molecule has 0 radical (unpaired) electrons. The van der Waals surface area contributed by atoms with Gasteiger partial charge >= 0.3 is 0 Å². The van der Waals surface area contributed by atoms with Crippen molar-refractivity contribution in [3.63, 3.8) is 0 Å². The van der Waals surface area contributed by atoms with Crippen LogP contribution in [0.2, 0.25) is 0 Å². The lowest BCUT2D eigenvalue weighted by Gasteiger charge is -2.09. The SMILES string of the molecule is c1ccc(-c2cccc(-c3nc(-c4ccccc4)nc(-c4ccc5c(c4)oc4c(-c6ccc(-c7ccccc7)c7c6oc6ccccc67)cccc45)n3)c2)cc1. The zero-order chi connectivity index (χ0) is 37.0. The predicted octanol–water partition coefficient (Wildman–Crippen LogP) is 13.7. The molecule has 0 saturated carbocycles. The Morgan fingerprint density at radius 1 is 0.286 bits per heavy atom. The molecule has 5 nitrogen and oxygen atoms in total. The summed E-state index contributed by atoms with van der Waals surface area (Å²) < 4.78 is 13.5. The van der Waals surface area contributed by atoms with E-state index < -0.39 is 0 Å². The molecule has 0 spiro atoms. The Kier molecular flexibility index (Phi) is 7.42. The highest BCUT2D eigenvalue weighted by molar-refractivity contribution is 6.19. The first kappa shape index (κ1) is 31.9. The third-order valence-electron chi connectivity index (χ3n) is 10.6. The van der Waals surface area contributed by atoms with Crippen LogP contribution in [-0.4, -0.2) is 15.0 Å². The second kappa shape index (κ2) is 13.0. The molecule has 0 aliphatic carbocycles. The summed E-state index contributed by atoms with van der Waals surface area (Å²) in [5.74, 6) is 1.78. The number of aromatic nitrogens is 3. The van der Waals surface area contributed by atoms with E-state index in [1.165, 1.54) is 0 Å². The fourth-order valence-electron chi connectivity index (χ4n) is 7.87. The van der Waals surface area contributed by atoms with Crippen LogP contribution in [0.5, 0.6) is 0 Å². The van der Waals surface area contributed by atoms with Crippen molar-refractivity contribution in [1.29, 1.82) is 0 Å². The van der Waals surface area contributed by atoms with Gasteiger partial charge in [-0.05, 0) is 52.6 Å². The highest BCUT2D eigenvalue weighted by atomic mass is 16.3. The van der Waals surface area contributed by atoms with Crippen molar-refractivity contribution < 1.29 is 8.83 Å². The molecule has 262 valence electrons. The van der Waals surface area contributed by atoms with E-state index in [2.05, 4.69) is 127 Å². The third-order valence-corrected chi connectivity index (χ3v) is 10.6. The van der Waals surface area contributed by atoms with Crippen LogP contribution in [0.25, 0.3) is 111 Å². The number of para-hydroxylation sites is 2. The molecular weight excluding hydrogens is 687 g/mol. The Morgan fingerprint density at radius 2 is 0.821 bits per heavy atom. The molecule has 0 unspecified atom stereocenters. The van der Waals surface area contributed by atoms with Gasteiger partial charge < -0.3 is 8.83 Å². The molecule has 0 atom stereocenters. The molecule has 0 bridgehead atoms. The zero-order valence-corrected chi connectivity index (χ0v) is 30.1. The molecule has 0 saturated heterocycles. The minimum Gasteiger partial charge on any atom is -0.455 e. The summed E-state index contributed by atoms with van der Waals surface area (Å²) in [6.45, 7) is 0. The van der Waals surface area contributed by atoms with Crippen molar-refractivity contribution in [2.45, 2.75) is 0 Å². The molecule has 3 aromatic heterocycles. The van der Waals surface area contributed by atoms with Crippen LogP contribution in [-0.2, 0) is 0 Å². The molecule has 0 amide bonds. The van der Waals surface area contributed by atoms with Gasteiger partial charge in [0.05, 0.1) is 0 Å². The Hall–Kier alpha value is -7.63. The lowest BCUT2D eigenvalue weighted by molar-refractivity contribution is 0.665. The highest BCUT2D eigenvalue weighted by Crippen LogP contribution is 2.45. The van der Waals surface area contributed by atoms with E-state index >= 15 is 0 Å². The number of benzene rings is 8. The first-order valence-electron chi connectivity index (χ1n) is 18.7. The number of hydrogen-bond donors (Lipinski definition) is 0.